The number of carbonyl (C=O) groups excluding carboxylic acids is 1. The van der Waals surface area contributed by atoms with Crippen molar-refractivity contribution >= 4 is 35.2 Å². The lowest BCUT2D eigenvalue weighted by Crippen LogP contribution is -2.04. The quantitative estimate of drug-likeness (QED) is 0.375. The van der Waals surface area contributed by atoms with Crippen molar-refractivity contribution in [2.45, 2.75) is 0 Å². The van der Waals surface area contributed by atoms with E-state index in [1.165, 1.54) is 30.5 Å². The fraction of sp³-hybridized carbons (Fsp3) is 0. The second-order valence-corrected chi connectivity index (χ2v) is 4.69. The Morgan fingerprint density at radius 2 is 2.14 bits per heavy atom. The van der Waals surface area contributed by atoms with Crippen LogP contribution in [0.2, 0.25) is 5.02 Å². The lowest BCUT2D eigenvalue weighted by atomic mass is 10.2. The number of carbonyl (C=O) groups is 1. The van der Waals surface area contributed by atoms with Gasteiger partial charge in [-0.3, -0.25) is 10.1 Å². The summed E-state index contributed by atoms with van der Waals surface area (Å²) in [6.45, 7) is 0. The normalized spacial score (nSPS) is 15.8. The van der Waals surface area contributed by atoms with Crippen LogP contribution in [0.15, 0.2) is 51.7 Å². The first-order valence-electron chi connectivity index (χ1n) is 6.05. The number of nitrogens with zero attached hydrogens (tertiary/aromatic N) is 2. The van der Waals surface area contributed by atoms with Gasteiger partial charge in [-0.05, 0) is 35.9 Å². The highest BCUT2D eigenvalue weighted by atomic mass is 35.5. The van der Waals surface area contributed by atoms with Gasteiger partial charge in [0.05, 0.1) is 11.2 Å². The van der Waals surface area contributed by atoms with Crippen molar-refractivity contribution in [2.24, 2.45) is 4.99 Å². The first-order valence-corrected chi connectivity index (χ1v) is 6.43. The van der Waals surface area contributed by atoms with E-state index in [0.717, 1.165) is 0 Å². The van der Waals surface area contributed by atoms with E-state index in [-0.39, 0.29) is 22.3 Å². The molecule has 1 aromatic heterocycles. The monoisotopic (exact) mass is 318 g/mol. The molecule has 0 bridgehead atoms. The molecule has 0 atom stereocenters. The molecule has 0 amide bonds. The van der Waals surface area contributed by atoms with E-state index < -0.39 is 10.9 Å². The summed E-state index contributed by atoms with van der Waals surface area (Å²) in [5, 5.41) is 10.7. The Morgan fingerprint density at radius 3 is 2.77 bits per heavy atom. The molecule has 1 aromatic carbocycles. The fourth-order valence-corrected chi connectivity index (χ4v) is 2.09. The van der Waals surface area contributed by atoms with Crippen LogP contribution >= 0.6 is 11.6 Å². The molecule has 7 nitrogen and oxygen atoms in total. The zero-order valence-corrected chi connectivity index (χ0v) is 11.6. The van der Waals surface area contributed by atoms with Crippen molar-refractivity contribution in [1.82, 2.24) is 0 Å². The Kier molecular flexibility index (Phi) is 3.48. The van der Waals surface area contributed by atoms with E-state index in [9.17, 15) is 14.9 Å². The molecule has 110 valence electrons. The molecule has 0 spiro atoms. The van der Waals surface area contributed by atoms with Gasteiger partial charge in [0, 0.05) is 6.07 Å². The third-order valence-electron chi connectivity index (χ3n) is 2.82. The van der Waals surface area contributed by atoms with Gasteiger partial charge in [0.25, 0.3) is 11.6 Å². The number of ether oxygens (including phenoxy) is 1. The molecule has 2 aromatic rings. The molecule has 0 aliphatic carbocycles. The molecule has 0 fully saturated rings. The number of rotatable bonds is 3. The summed E-state index contributed by atoms with van der Waals surface area (Å²) in [4.78, 5) is 25.9. The van der Waals surface area contributed by atoms with Crippen molar-refractivity contribution in [1.29, 1.82) is 0 Å². The van der Waals surface area contributed by atoms with Gasteiger partial charge in [-0.1, -0.05) is 11.6 Å². The number of nitro benzene ring substituents is 1. The van der Waals surface area contributed by atoms with Crippen LogP contribution in [0.5, 0.6) is 0 Å². The highest BCUT2D eigenvalue weighted by molar-refractivity contribution is 6.32. The molecule has 0 N–H and O–H groups in total. The highest BCUT2D eigenvalue weighted by Gasteiger charge is 2.26. The van der Waals surface area contributed by atoms with Crippen LogP contribution < -0.4 is 0 Å². The van der Waals surface area contributed by atoms with Crippen molar-refractivity contribution < 1.29 is 18.9 Å². The number of nitro groups is 1. The largest absolute Gasteiger partial charge is 0.459 e. The van der Waals surface area contributed by atoms with Crippen LogP contribution in [0.4, 0.5) is 5.69 Å². The Hall–Kier alpha value is -2.93. The summed E-state index contributed by atoms with van der Waals surface area (Å²) in [5.74, 6) is -0.242. The van der Waals surface area contributed by atoms with Crippen LogP contribution in [0.25, 0.3) is 6.08 Å². The number of halogens is 1. The minimum absolute atomic E-state index is 0.0269. The first-order chi connectivity index (χ1) is 10.5. The second kappa shape index (κ2) is 5.45. The maximum Gasteiger partial charge on any atom is 0.363 e. The van der Waals surface area contributed by atoms with Crippen LogP contribution in [-0.4, -0.2) is 16.8 Å². The number of esters is 1. The van der Waals surface area contributed by atoms with Crippen molar-refractivity contribution in [2.75, 3.05) is 0 Å². The number of hydrogen-bond donors (Lipinski definition) is 0. The minimum atomic E-state index is -0.638. The predicted octanol–water partition coefficient (Wildman–Crippen LogP) is 3.19. The van der Waals surface area contributed by atoms with Crippen molar-refractivity contribution in [3.05, 3.63) is 68.8 Å². The summed E-state index contributed by atoms with van der Waals surface area (Å²) in [7, 11) is 0. The molecular weight excluding hydrogens is 312 g/mol. The van der Waals surface area contributed by atoms with Crippen molar-refractivity contribution in [3.8, 4) is 0 Å². The van der Waals surface area contributed by atoms with E-state index in [0.29, 0.717) is 11.3 Å². The number of benzene rings is 1. The van der Waals surface area contributed by atoms with E-state index >= 15 is 0 Å². The van der Waals surface area contributed by atoms with Gasteiger partial charge in [0.1, 0.15) is 5.02 Å². The Labute approximate surface area is 128 Å². The molecule has 1 aliphatic heterocycles. The molecule has 0 unspecified atom stereocenters. The molecule has 0 saturated carbocycles. The molecular formula is C14H7ClN2O5. The Balaban J connectivity index is 1.93. The summed E-state index contributed by atoms with van der Waals surface area (Å²) in [5.41, 5.74) is 0.334. The maximum atomic E-state index is 11.8. The zero-order valence-electron chi connectivity index (χ0n) is 10.9. The summed E-state index contributed by atoms with van der Waals surface area (Å²) >= 11 is 5.82. The van der Waals surface area contributed by atoms with Gasteiger partial charge in [-0.25, -0.2) is 9.79 Å². The summed E-state index contributed by atoms with van der Waals surface area (Å²) in [6, 6.07) is 7.35. The van der Waals surface area contributed by atoms with Gasteiger partial charge in [-0.15, -0.1) is 0 Å². The third-order valence-corrected chi connectivity index (χ3v) is 3.13. The Morgan fingerprint density at radius 1 is 1.32 bits per heavy atom. The summed E-state index contributed by atoms with van der Waals surface area (Å²) < 4.78 is 10.1. The second-order valence-electron chi connectivity index (χ2n) is 4.28. The van der Waals surface area contributed by atoms with E-state index in [1.54, 1.807) is 12.1 Å². The SMILES string of the molecule is O=C1OC(c2ccco2)=NC1=Cc1ccc([N+](=O)[O-])c(Cl)c1. The van der Waals surface area contributed by atoms with Crippen LogP contribution in [0.3, 0.4) is 0 Å². The van der Waals surface area contributed by atoms with E-state index in [2.05, 4.69) is 4.99 Å². The molecule has 22 heavy (non-hydrogen) atoms. The highest BCUT2D eigenvalue weighted by Crippen LogP contribution is 2.27. The minimum Gasteiger partial charge on any atom is -0.459 e. The summed E-state index contributed by atoms with van der Waals surface area (Å²) in [6.07, 6.45) is 2.86. The molecule has 3 rings (SSSR count). The average molecular weight is 319 g/mol. The lowest BCUT2D eigenvalue weighted by Gasteiger charge is -1.97. The van der Waals surface area contributed by atoms with Gasteiger partial charge < -0.3 is 9.15 Å². The predicted molar refractivity (Wildman–Crippen MR) is 77.4 cm³/mol. The topological polar surface area (TPSA) is 94.9 Å². The maximum absolute atomic E-state index is 11.8. The molecule has 2 heterocycles. The molecule has 8 heteroatoms. The number of cyclic esters (lactones) is 1. The number of furan rings is 1. The Bertz CT molecular complexity index is 824. The average Bonchev–Trinajstić information content (AvgIpc) is 3.09. The molecule has 1 aliphatic rings. The van der Waals surface area contributed by atoms with Crippen molar-refractivity contribution in [3.63, 3.8) is 0 Å². The standard InChI is InChI=1S/C14H7ClN2O5/c15-9-6-8(3-4-11(9)17(19)20)7-10-14(18)22-13(16-10)12-2-1-5-21-12/h1-7H. The first kappa shape index (κ1) is 14.0. The van der Waals surface area contributed by atoms with Gasteiger partial charge in [0.2, 0.25) is 0 Å². The molecule has 0 radical (unpaired) electrons. The zero-order chi connectivity index (χ0) is 15.7. The number of aliphatic imine (C=N–C) groups is 1. The van der Waals surface area contributed by atoms with Gasteiger partial charge in [0.15, 0.2) is 11.5 Å². The van der Waals surface area contributed by atoms with Crippen LogP contribution in [0, 0.1) is 10.1 Å². The van der Waals surface area contributed by atoms with Gasteiger partial charge in [-0.2, -0.15) is 0 Å². The number of hydrogen-bond acceptors (Lipinski definition) is 6. The lowest BCUT2D eigenvalue weighted by molar-refractivity contribution is -0.384. The third kappa shape index (κ3) is 2.61. The smallest absolute Gasteiger partial charge is 0.363 e. The van der Waals surface area contributed by atoms with Crippen LogP contribution in [-0.2, 0) is 9.53 Å². The van der Waals surface area contributed by atoms with E-state index in [1.807, 2.05) is 0 Å². The molecule has 0 saturated heterocycles. The van der Waals surface area contributed by atoms with Gasteiger partial charge >= 0.3 is 5.97 Å². The van der Waals surface area contributed by atoms with Crippen LogP contribution in [0.1, 0.15) is 11.3 Å². The van der Waals surface area contributed by atoms with E-state index in [4.69, 9.17) is 20.8 Å². The fourth-order valence-electron chi connectivity index (χ4n) is 1.83.